The summed E-state index contributed by atoms with van der Waals surface area (Å²) < 4.78 is 1.67. The summed E-state index contributed by atoms with van der Waals surface area (Å²) in [6, 6.07) is 0. The number of carbonyl (C=O) groups is 1. The van der Waals surface area contributed by atoms with Gasteiger partial charge in [0.2, 0.25) is 5.91 Å². The number of rotatable bonds is 2. The van der Waals surface area contributed by atoms with E-state index in [9.17, 15) is 4.79 Å². The highest BCUT2D eigenvalue weighted by Crippen LogP contribution is 2.34. The average molecular weight is 279 g/mol. The zero-order valence-electron chi connectivity index (χ0n) is 11.1. The highest BCUT2D eigenvalue weighted by molar-refractivity contribution is 6.33. The van der Waals surface area contributed by atoms with E-state index in [1.165, 1.54) is 0 Å². The number of hydrogen-bond acceptors (Lipinski definition) is 3. The predicted octanol–water partition coefficient (Wildman–Crippen LogP) is 2.59. The van der Waals surface area contributed by atoms with Crippen LogP contribution in [0.25, 0.3) is 11.0 Å². The van der Waals surface area contributed by atoms with Gasteiger partial charge >= 0.3 is 0 Å². The second-order valence-corrected chi connectivity index (χ2v) is 5.45. The molecule has 5 nitrogen and oxygen atoms in total. The fourth-order valence-corrected chi connectivity index (χ4v) is 2.37. The van der Waals surface area contributed by atoms with Gasteiger partial charge < -0.3 is 5.32 Å². The molecule has 0 spiro atoms. The standard InChI is InChI=1S/C13H15ClN4O/c1-6-9-11(16-13(19)8-4-5-8)17-18(3)12(9)15-7(2)10(6)14/h8H,4-5H2,1-3H3,(H,16,17,19). The molecule has 2 aromatic rings. The van der Waals surface area contributed by atoms with Crippen LogP contribution < -0.4 is 5.32 Å². The van der Waals surface area contributed by atoms with Gasteiger partial charge in [0.15, 0.2) is 11.5 Å². The van der Waals surface area contributed by atoms with Crippen LogP contribution in [0.4, 0.5) is 5.82 Å². The maximum Gasteiger partial charge on any atom is 0.228 e. The Labute approximate surface area is 116 Å². The number of halogens is 1. The van der Waals surface area contributed by atoms with Crippen molar-refractivity contribution in [3.8, 4) is 0 Å². The van der Waals surface area contributed by atoms with Gasteiger partial charge in [0.25, 0.3) is 0 Å². The number of nitrogens with zero attached hydrogens (tertiary/aromatic N) is 3. The molecule has 1 N–H and O–H groups in total. The van der Waals surface area contributed by atoms with Gasteiger partial charge in [-0.2, -0.15) is 5.10 Å². The van der Waals surface area contributed by atoms with Crippen LogP contribution in [0.3, 0.4) is 0 Å². The minimum absolute atomic E-state index is 0.0381. The van der Waals surface area contributed by atoms with Crippen LogP contribution >= 0.6 is 11.6 Å². The maximum atomic E-state index is 11.9. The van der Waals surface area contributed by atoms with Crippen LogP contribution in [0.15, 0.2) is 0 Å². The Morgan fingerprint density at radius 2 is 2.11 bits per heavy atom. The van der Waals surface area contributed by atoms with Crippen molar-refractivity contribution in [2.75, 3.05) is 5.32 Å². The van der Waals surface area contributed by atoms with Gasteiger partial charge in [-0.1, -0.05) is 11.6 Å². The van der Waals surface area contributed by atoms with Crippen LogP contribution in [0, 0.1) is 19.8 Å². The first kappa shape index (κ1) is 12.4. The quantitative estimate of drug-likeness (QED) is 0.918. The number of nitrogens with one attached hydrogen (secondary N) is 1. The summed E-state index contributed by atoms with van der Waals surface area (Å²) in [7, 11) is 1.81. The van der Waals surface area contributed by atoms with Crippen molar-refractivity contribution in [1.82, 2.24) is 14.8 Å². The van der Waals surface area contributed by atoms with E-state index in [2.05, 4.69) is 15.4 Å². The van der Waals surface area contributed by atoms with Crippen LogP contribution in [-0.4, -0.2) is 20.7 Å². The van der Waals surface area contributed by atoms with Gasteiger partial charge in [0.05, 0.1) is 16.1 Å². The average Bonchev–Trinajstić information content (AvgIpc) is 3.15. The monoisotopic (exact) mass is 278 g/mol. The second kappa shape index (κ2) is 4.20. The van der Waals surface area contributed by atoms with Crippen molar-refractivity contribution < 1.29 is 4.79 Å². The molecule has 6 heteroatoms. The van der Waals surface area contributed by atoms with Gasteiger partial charge in [0, 0.05) is 13.0 Å². The molecular formula is C13H15ClN4O. The SMILES string of the molecule is Cc1nc2c(c(NC(=O)C3CC3)nn2C)c(C)c1Cl. The topological polar surface area (TPSA) is 59.8 Å². The number of hydrogen-bond donors (Lipinski definition) is 1. The van der Waals surface area contributed by atoms with Crippen LogP contribution in [0.2, 0.25) is 5.02 Å². The molecule has 1 fully saturated rings. The van der Waals surface area contributed by atoms with E-state index >= 15 is 0 Å². The molecule has 100 valence electrons. The minimum atomic E-state index is 0.0381. The van der Waals surface area contributed by atoms with E-state index < -0.39 is 0 Å². The van der Waals surface area contributed by atoms with E-state index in [0.29, 0.717) is 10.8 Å². The fraction of sp³-hybridized carbons (Fsp3) is 0.462. The van der Waals surface area contributed by atoms with Crippen molar-refractivity contribution in [1.29, 1.82) is 0 Å². The third-order valence-electron chi connectivity index (χ3n) is 3.50. The smallest absolute Gasteiger partial charge is 0.228 e. The molecule has 19 heavy (non-hydrogen) atoms. The molecule has 0 unspecified atom stereocenters. The lowest BCUT2D eigenvalue weighted by Gasteiger charge is -2.05. The molecule has 1 amide bonds. The number of amides is 1. The Balaban J connectivity index is 2.14. The summed E-state index contributed by atoms with van der Waals surface area (Å²) in [5, 5.41) is 8.69. The Morgan fingerprint density at radius 1 is 1.42 bits per heavy atom. The maximum absolute atomic E-state index is 11.9. The van der Waals surface area contributed by atoms with Gasteiger partial charge in [-0.25, -0.2) is 9.67 Å². The summed E-state index contributed by atoms with van der Waals surface area (Å²) in [6.45, 7) is 3.79. The lowest BCUT2D eigenvalue weighted by atomic mass is 10.1. The number of carbonyl (C=O) groups excluding carboxylic acids is 1. The molecule has 0 aliphatic heterocycles. The molecule has 1 saturated carbocycles. The molecule has 2 heterocycles. The van der Waals surface area contributed by atoms with Crippen molar-refractivity contribution in [3.63, 3.8) is 0 Å². The third-order valence-corrected chi connectivity index (χ3v) is 4.06. The van der Waals surface area contributed by atoms with Gasteiger partial charge in [-0.15, -0.1) is 0 Å². The molecule has 1 aliphatic rings. The van der Waals surface area contributed by atoms with Crippen molar-refractivity contribution in [2.45, 2.75) is 26.7 Å². The zero-order valence-corrected chi connectivity index (χ0v) is 11.9. The number of pyridine rings is 1. The molecule has 2 aromatic heterocycles. The molecule has 0 radical (unpaired) electrons. The number of fused-ring (bicyclic) bond motifs is 1. The number of anilines is 1. The Morgan fingerprint density at radius 3 is 2.74 bits per heavy atom. The van der Waals surface area contributed by atoms with E-state index in [1.54, 1.807) is 4.68 Å². The zero-order chi connectivity index (χ0) is 13.7. The van der Waals surface area contributed by atoms with Gasteiger partial charge in [-0.05, 0) is 32.3 Å². The minimum Gasteiger partial charge on any atom is -0.308 e. The summed E-state index contributed by atoms with van der Waals surface area (Å²) in [4.78, 5) is 16.3. The number of aromatic nitrogens is 3. The Hall–Kier alpha value is -1.62. The molecule has 0 saturated heterocycles. The molecular weight excluding hydrogens is 264 g/mol. The second-order valence-electron chi connectivity index (χ2n) is 5.07. The summed E-state index contributed by atoms with van der Waals surface area (Å²) in [6.07, 6.45) is 1.93. The van der Waals surface area contributed by atoms with E-state index in [4.69, 9.17) is 11.6 Å². The van der Waals surface area contributed by atoms with Crippen molar-refractivity contribution in [2.24, 2.45) is 13.0 Å². The van der Waals surface area contributed by atoms with Crippen LogP contribution in [0.5, 0.6) is 0 Å². The highest BCUT2D eigenvalue weighted by Gasteiger charge is 2.31. The molecule has 3 rings (SSSR count). The van der Waals surface area contributed by atoms with Crippen molar-refractivity contribution in [3.05, 3.63) is 16.3 Å². The molecule has 0 aromatic carbocycles. The molecule has 1 aliphatic carbocycles. The normalized spacial score (nSPS) is 14.9. The molecule has 0 bridgehead atoms. The van der Waals surface area contributed by atoms with E-state index in [0.717, 1.165) is 35.1 Å². The first-order valence-corrected chi connectivity index (χ1v) is 6.67. The largest absolute Gasteiger partial charge is 0.308 e. The third kappa shape index (κ3) is 1.98. The van der Waals surface area contributed by atoms with Crippen LogP contribution in [0.1, 0.15) is 24.1 Å². The first-order chi connectivity index (χ1) is 8.99. The molecule has 0 atom stereocenters. The Bertz CT molecular complexity index is 688. The van der Waals surface area contributed by atoms with E-state index in [1.807, 2.05) is 20.9 Å². The number of aryl methyl sites for hydroxylation is 3. The lowest BCUT2D eigenvalue weighted by Crippen LogP contribution is -2.14. The highest BCUT2D eigenvalue weighted by atomic mass is 35.5. The first-order valence-electron chi connectivity index (χ1n) is 6.29. The van der Waals surface area contributed by atoms with Gasteiger partial charge in [-0.3, -0.25) is 4.79 Å². The Kier molecular flexibility index (Phi) is 2.74. The van der Waals surface area contributed by atoms with Crippen LogP contribution in [-0.2, 0) is 11.8 Å². The predicted molar refractivity (Wildman–Crippen MR) is 74.3 cm³/mol. The van der Waals surface area contributed by atoms with Crippen molar-refractivity contribution >= 4 is 34.4 Å². The summed E-state index contributed by atoms with van der Waals surface area (Å²) >= 11 is 6.24. The summed E-state index contributed by atoms with van der Waals surface area (Å²) in [5.41, 5.74) is 2.42. The van der Waals surface area contributed by atoms with Gasteiger partial charge in [0.1, 0.15) is 0 Å². The fourth-order valence-electron chi connectivity index (χ4n) is 2.23. The lowest BCUT2D eigenvalue weighted by molar-refractivity contribution is -0.117. The summed E-state index contributed by atoms with van der Waals surface area (Å²) in [5.74, 6) is 0.739. The van der Waals surface area contributed by atoms with E-state index in [-0.39, 0.29) is 11.8 Å².